The van der Waals surface area contributed by atoms with Crippen LogP contribution in [0.25, 0.3) is 0 Å². The van der Waals surface area contributed by atoms with Crippen LogP contribution < -0.4 is 15.5 Å². The van der Waals surface area contributed by atoms with Crippen molar-refractivity contribution in [2.24, 2.45) is 11.8 Å². The molecule has 4 rings (SSSR count). The van der Waals surface area contributed by atoms with E-state index in [2.05, 4.69) is 31.3 Å². The number of amides is 3. The van der Waals surface area contributed by atoms with Gasteiger partial charge < -0.3 is 10.6 Å². The molecule has 0 saturated carbocycles. The molecule has 0 fully saturated rings. The number of tetrazole rings is 1. The van der Waals surface area contributed by atoms with E-state index >= 15 is 0 Å². The van der Waals surface area contributed by atoms with Gasteiger partial charge in [0.05, 0.1) is 13.1 Å². The van der Waals surface area contributed by atoms with Gasteiger partial charge in [-0.05, 0) is 23.1 Å². The molecule has 0 bridgehead atoms. The molecule has 11 heteroatoms. The Labute approximate surface area is 226 Å². The number of hydrogen-bond acceptors (Lipinski definition) is 7. The third kappa shape index (κ3) is 6.92. The minimum atomic E-state index is -0.781. The van der Waals surface area contributed by atoms with E-state index < -0.39 is 17.9 Å². The molecule has 0 spiro atoms. The van der Waals surface area contributed by atoms with Crippen LogP contribution in [0.4, 0.5) is 5.69 Å². The average Bonchev–Trinajstić information content (AvgIpc) is 3.61. The van der Waals surface area contributed by atoms with Crippen molar-refractivity contribution >= 4 is 29.2 Å². The standard InChI is InChI=1S/C28H33N7O4/c1-3-18(2)22(15-21(36)13-19-9-5-4-6-10-19)27(38)30-17-26(37)35-23-12-8-7-11-20(23)14-24(35)28(39)29-16-25-31-33-34-32-25/h4-12,18,22,24H,3,13-17H2,1-2H3,(H,29,39)(H,30,38)(H,31,32,33,34)/t18-,22+,24+/m1/s1. The Bertz CT molecular complexity index is 1300. The van der Waals surface area contributed by atoms with Gasteiger partial charge in [-0.3, -0.25) is 24.1 Å². The van der Waals surface area contributed by atoms with E-state index in [4.69, 9.17) is 0 Å². The number of nitrogens with one attached hydrogen (secondary N) is 3. The van der Waals surface area contributed by atoms with Gasteiger partial charge in [-0.2, -0.15) is 5.21 Å². The molecule has 3 atom stereocenters. The summed E-state index contributed by atoms with van der Waals surface area (Å²) in [5.74, 6) is -1.42. The number of aromatic amines is 1. The lowest BCUT2D eigenvalue weighted by Gasteiger charge is -2.26. The number of carbonyl (C=O) groups is 4. The Hall–Kier alpha value is -4.41. The molecule has 0 saturated heterocycles. The Morgan fingerprint density at radius 1 is 1.05 bits per heavy atom. The first-order chi connectivity index (χ1) is 18.9. The first-order valence-corrected chi connectivity index (χ1v) is 13.1. The third-order valence-electron chi connectivity index (χ3n) is 7.13. The number of nitrogens with zero attached hydrogens (tertiary/aromatic N) is 4. The molecule has 2 aromatic carbocycles. The molecule has 1 aromatic heterocycles. The zero-order chi connectivity index (χ0) is 27.8. The molecular formula is C28H33N7O4. The predicted molar refractivity (Wildman–Crippen MR) is 143 cm³/mol. The van der Waals surface area contributed by atoms with Crippen LogP contribution in [0.1, 0.15) is 43.6 Å². The maximum atomic E-state index is 13.4. The van der Waals surface area contributed by atoms with E-state index in [1.165, 1.54) is 4.90 Å². The molecule has 11 nitrogen and oxygen atoms in total. The molecule has 204 valence electrons. The number of Topliss-reactive ketones (excluding diaryl/α,β-unsaturated/α-hetero) is 1. The highest BCUT2D eigenvalue weighted by molar-refractivity contribution is 6.05. The summed E-state index contributed by atoms with van der Waals surface area (Å²) >= 11 is 0. The summed E-state index contributed by atoms with van der Waals surface area (Å²) in [5.41, 5.74) is 2.39. The summed E-state index contributed by atoms with van der Waals surface area (Å²) in [6, 6.07) is 15.9. The van der Waals surface area contributed by atoms with Gasteiger partial charge in [0.1, 0.15) is 11.8 Å². The van der Waals surface area contributed by atoms with Crippen molar-refractivity contribution in [3.05, 3.63) is 71.5 Å². The number of rotatable bonds is 12. The average molecular weight is 532 g/mol. The topological polar surface area (TPSA) is 150 Å². The second-order valence-corrected chi connectivity index (χ2v) is 9.77. The van der Waals surface area contributed by atoms with Crippen molar-refractivity contribution in [3.63, 3.8) is 0 Å². The fourth-order valence-electron chi connectivity index (χ4n) is 4.80. The molecule has 39 heavy (non-hydrogen) atoms. The first-order valence-electron chi connectivity index (χ1n) is 13.1. The summed E-state index contributed by atoms with van der Waals surface area (Å²) in [6.45, 7) is 3.68. The van der Waals surface area contributed by atoms with Gasteiger partial charge in [0, 0.05) is 30.9 Å². The summed E-state index contributed by atoms with van der Waals surface area (Å²) in [4.78, 5) is 53.9. The largest absolute Gasteiger partial charge is 0.347 e. The molecule has 0 radical (unpaired) electrons. The maximum Gasteiger partial charge on any atom is 0.247 e. The quantitative estimate of drug-likeness (QED) is 0.322. The zero-order valence-electron chi connectivity index (χ0n) is 22.1. The fourth-order valence-corrected chi connectivity index (χ4v) is 4.80. The molecule has 0 aliphatic carbocycles. The Balaban J connectivity index is 1.41. The van der Waals surface area contributed by atoms with Crippen LogP contribution in [0.2, 0.25) is 0 Å². The minimum absolute atomic E-state index is 0.0280. The molecule has 3 N–H and O–H groups in total. The summed E-state index contributed by atoms with van der Waals surface area (Å²) in [5, 5.41) is 18.9. The number of hydrogen-bond donors (Lipinski definition) is 3. The lowest BCUT2D eigenvalue weighted by molar-refractivity contribution is -0.132. The van der Waals surface area contributed by atoms with Crippen LogP contribution in [0.5, 0.6) is 0 Å². The van der Waals surface area contributed by atoms with E-state index in [1.54, 1.807) is 12.1 Å². The summed E-state index contributed by atoms with van der Waals surface area (Å²) < 4.78 is 0. The summed E-state index contributed by atoms with van der Waals surface area (Å²) in [6.07, 6.45) is 1.41. The Kier molecular flexibility index (Phi) is 9.14. The molecule has 1 aliphatic heterocycles. The van der Waals surface area contributed by atoms with Gasteiger partial charge >= 0.3 is 0 Å². The number of carbonyl (C=O) groups excluding carboxylic acids is 4. The zero-order valence-corrected chi connectivity index (χ0v) is 22.1. The van der Waals surface area contributed by atoms with Gasteiger partial charge in [0.25, 0.3) is 0 Å². The highest BCUT2D eigenvalue weighted by atomic mass is 16.2. The molecule has 3 aromatic rings. The third-order valence-corrected chi connectivity index (χ3v) is 7.13. The van der Waals surface area contributed by atoms with E-state index in [-0.39, 0.29) is 49.4 Å². The second-order valence-electron chi connectivity index (χ2n) is 9.77. The molecule has 1 aliphatic rings. The number of benzene rings is 2. The number of fused-ring (bicyclic) bond motifs is 1. The smallest absolute Gasteiger partial charge is 0.247 e. The van der Waals surface area contributed by atoms with Crippen molar-refractivity contribution in [2.75, 3.05) is 11.4 Å². The fraction of sp³-hybridized carbons (Fsp3) is 0.393. The van der Waals surface area contributed by atoms with E-state index in [1.807, 2.05) is 56.3 Å². The van der Waals surface area contributed by atoms with Crippen molar-refractivity contribution in [3.8, 4) is 0 Å². The molecular weight excluding hydrogens is 498 g/mol. The van der Waals surface area contributed by atoms with Gasteiger partial charge in [-0.15, -0.1) is 10.2 Å². The SMILES string of the molecule is CC[C@@H](C)[C@H](CC(=O)Cc1ccccc1)C(=O)NCC(=O)N1c2ccccc2C[C@H]1C(=O)NCc1nn[nH]n1. The molecule has 3 amide bonds. The number of para-hydroxylation sites is 1. The van der Waals surface area contributed by atoms with Gasteiger partial charge in [-0.25, -0.2) is 0 Å². The maximum absolute atomic E-state index is 13.4. The van der Waals surface area contributed by atoms with Crippen LogP contribution in [-0.4, -0.2) is 56.7 Å². The lowest BCUT2D eigenvalue weighted by atomic mass is 9.85. The van der Waals surface area contributed by atoms with Crippen LogP contribution in [0, 0.1) is 11.8 Å². The van der Waals surface area contributed by atoms with Crippen LogP contribution in [-0.2, 0) is 38.6 Å². The van der Waals surface area contributed by atoms with E-state index in [0.717, 1.165) is 11.1 Å². The van der Waals surface area contributed by atoms with E-state index in [0.29, 0.717) is 24.4 Å². The lowest BCUT2D eigenvalue weighted by Crippen LogP contribution is -2.51. The Morgan fingerprint density at radius 2 is 1.79 bits per heavy atom. The predicted octanol–water partition coefficient (Wildman–Crippen LogP) is 1.75. The highest BCUT2D eigenvalue weighted by Crippen LogP contribution is 2.32. The van der Waals surface area contributed by atoms with Gasteiger partial charge in [-0.1, -0.05) is 74.0 Å². The van der Waals surface area contributed by atoms with Crippen LogP contribution in [0.3, 0.4) is 0 Å². The molecule has 0 unspecified atom stereocenters. The van der Waals surface area contributed by atoms with Gasteiger partial charge in [0.15, 0.2) is 5.82 Å². The number of H-pyrrole nitrogens is 1. The number of anilines is 1. The van der Waals surface area contributed by atoms with Crippen LogP contribution >= 0.6 is 0 Å². The minimum Gasteiger partial charge on any atom is -0.347 e. The Morgan fingerprint density at radius 3 is 2.51 bits per heavy atom. The van der Waals surface area contributed by atoms with E-state index in [9.17, 15) is 19.2 Å². The van der Waals surface area contributed by atoms with Crippen molar-refractivity contribution in [1.82, 2.24) is 31.3 Å². The second kappa shape index (κ2) is 12.9. The van der Waals surface area contributed by atoms with Crippen molar-refractivity contribution in [1.29, 1.82) is 0 Å². The highest BCUT2D eigenvalue weighted by Gasteiger charge is 2.38. The molecule has 2 heterocycles. The number of aromatic nitrogens is 4. The van der Waals surface area contributed by atoms with Gasteiger partial charge in [0.2, 0.25) is 17.7 Å². The van der Waals surface area contributed by atoms with Crippen LogP contribution in [0.15, 0.2) is 54.6 Å². The van der Waals surface area contributed by atoms with Crippen molar-refractivity contribution < 1.29 is 19.2 Å². The van der Waals surface area contributed by atoms with Crippen molar-refractivity contribution in [2.45, 2.75) is 52.1 Å². The first kappa shape index (κ1) is 27.6. The number of ketones is 1. The monoisotopic (exact) mass is 531 g/mol. The normalized spacial score (nSPS) is 15.7. The summed E-state index contributed by atoms with van der Waals surface area (Å²) in [7, 11) is 0.